The number of hydrogen-bond acceptors (Lipinski definition) is 4. The van der Waals surface area contributed by atoms with Gasteiger partial charge in [0.25, 0.3) is 5.91 Å². The maximum Gasteiger partial charge on any atom is 0.257 e. The van der Waals surface area contributed by atoms with Crippen LogP contribution in [-0.4, -0.2) is 26.8 Å². The molecule has 3 N–H and O–H groups in total. The third-order valence-corrected chi connectivity index (χ3v) is 3.78. The number of carbonyl (C=O) groups excluding carboxylic acids is 2. The summed E-state index contributed by atoms with van der Waals surface area (Å²) in [5, 5.41) is 12.7. The molecule has 0 radical (unpaired) electrons. The number of fused-ring (bicyclic) bond motifs is 1. The van der Waals surface area contributed by atoms with E-state index in [2.05, 4.69) is 15.3 Å². The molecule has 25 heavy (non-hydrogen) atoms. The summed E-state index contributed by atoms with van der Waals surface area (Å²) in [6, 6.07) is 9.60. The molecule has 6 heteroatoms. The lowest BCUT2D eigenvalue weighted by Gasteiger charge is -2.14. The van der Waals surface area contributed by atoms with Crippen LogP contribution < -0.4 is 5.32 Å². The molecule has 6 nitrogen and oxygen atoms in total. The van der Waals surface area contributed by atoms with Crippen molar-refractivity contribution in [1.29, 1.82) is 0 Å². The van der Waals surface area contributed by atoms with Gasteiger partial charge in [-0.2, -0.15) is 0 Å². The third-order valence-electron chi connectivity index (χ3n) is 3.78. The average Bonchev–Trinajstić information content (AvgIpc) is 2.98. The number of pyridine rings is 1. The number of phenolic OH excluding ortho intramolecular Hbond substituents is 1. The van der Waals surface area contributed by atoms with Gasteiger partial charge in [0.05, 0.1) is 11.3 Å². The molecule has 2 aromatic heterocycles. The number of H-pyrrole nitrogens is 1. The Morgan fingerprint density at radius 3 is 2.44 bits per heavy atom. The van der Waals surface area contributed by atoms with E-state index >= 15 is 0 Å². The van der Waals surface area contributed by atoms with Gasteiger partial charge in [-0.1, -0.05) is 20.8 Å². The molecule has 0 unspecified atom stereocenters. The molecule has 3 aromatic rings. The molecule has 1 amide bonds. The highest BCUT2D eigenvalue weighted by Gasteiger charge is 2.24. The molecule has 0 saturated heterocycles. The third kappa shape index (κ3) is 3.52. The average molecular weight is 337 g/mol. The summed E-state index contributed by atoms with van der Waals surface area (Å²) in [4.78, 5) is 32.0. The lowest BCUT2D eigenvalue weighted by atomic mass is 9.89. The first-order valence-electron chi connectivity index (χ1n) is 7.88. The van der Waals surface area contributed by atoms with Crippen molar-refractivity contribution in [3.8, 4) is 5.75 Å². The number of benzene rings is 1. The Morgan fingerprint density at radius 2 is 1.80 bits per heavy atom. The van der Waals surface area contributed by atoms with Gasteiger partial charge in [0, 0.05) is 22.7 Å². The number of rotatable bonds is 3. The highest BCUT2D eigenvalue weighted by molar-refractivity contribution is 6.07. The molecule has 0 aliphatic carbocycles. The molecule has 0 aliphatic heterocycles. The first-order chi connectivity index (χ1) is 11.7. The Morgan fingerprint density at radius 1 is 1.12 bits per heavy atom. The van der Waals surface area contributed by atoms with Gasteiger partial charge in [-0.3, -0.25) is 9.59 Å². The maximum atomic E-state index is 12.4. The fourth-order valence-corrected chi connectivity index (χ4v) is 2.41. The second-order valence-corrected chi connectivity index (χ2v) is 6.92. The Bertz CT molecular complexity index is 950. The van der Waals surface area contributed by atoms with Gasteiger partial charge in [0.15, 0.2) is 5.78 Å². The van der Waals surface area contributed by atoms with E-state index in [4.69, 9.17) is 0 Å². The minimum absolute atomic E-state index is 0.0133. The normalized spacial score (nSPS) is 11.5. The van der Waals surface area contributed by atoms with Crippen molar-refractivity contribution in [1.82, 2.24) is 9.97 Å². The summed E-state index contributed by atoms with van der Waals surface area (Å²) in [6.07, 6.45) is 1.46. The number of nitrogens with one attached hydrogen (secondary N) is 2. The number of nitrogens with zero attached hydrogens (tertiary/aromatic N) is 1. The summed E-state index contributed by atoms with van der Waals surface area (Å²) >= 11 is 0. The largest absolute Gasteiger partial charge is 0.508 e. The SMILES string of the molecule is CC(C)(C)C(=O)c1cc2cc(C(=O)Nc3ccc(O)cc3)cnc2[nH]1. The van der Waals surface area contributed by atoms with Gasteiger partial charge in [-0.15, -0.1) is 0 Å². The number of ketones is 1. The predicted octanol–water partition coefficient (Wildman–Crippen LogP) is 3.75. The smallest absolute Gasteiger partial charge is 0.257 e. The van der Waals surface area contributed by atoms with Crippen molar-refractivity contribution in [2.45, 2.75) is 20.8 Å². The standard InChI is InChI=1S/C19H19N3O3/c1-19(2,3)16(24)15-9-11-8-12(10-20-17(11)22-15)18(25)21-13-4-6-14(23)7-5-13/h4-10,23H,1-3H3,(H,20,22)(H,21,25). The van der Waals surface area contributed by atoms with Gasteiger partial charge >= 0.3 is 0 Å². The number of hydrogen-bond donors (Lipinski definition) is 3. The maximum absolute atomic E-state index is 12.4. The zero-order valence-electron chi connectivity index (χ0n) is 14.3. The van der Waals surface area contributed by atoms with E-state index in [0.29, 0.717) is 28.0 Å². The van der Waals surface area contributed by atoms with Crippen LogP contribution in [0.1, 0.15) is 41.6 Å². The van der Waals surface area contributed by atoms with Crippen molar-refractivity contribution in [2.75, 3.05) is 5.32 Å². The van der Waals surface area contributed by atoms with E-state index in [1.165, 1.54) is 18.3 Å². The van der Waals surface area contributed by atoms with Crippen molar-refractivity contribution in [2.24, 2.45) is 5.41 Å². The number of phenols is 1. The molecular weight excluding hydrogens is 318 g/mol. The van der Waals surface area contributed by atoms with Crippen molar-refractivity contribution in [3.63, 3.8) is 0 Å². The van der Waals surface area contributed by atoms with E-state index in [9.17, 15) is 14.7 Å². The summed E-state index contributed by atoms with van der Waals surface area (Å²) in [7, 11) is 0. The van der Waals surface area contributed by atoms with Gasteiger partial charge in [-0.05, 0) is 36.4 Å². The first kappa shape index (κ1) is 16.7. The minimum Gasteiger partial charge on any atom is -0.508 e. The highest BCUT2D eigenvalue weighted by Crippen LogP contribution is 2.23. The van der Waals surface area contributed by atoms with Gasteiger partial charge < -0.3 is 15.4 Å². The summed E-state index contributed by atoms with van der Waals surface area (Å²) < 4.78 is 0. The van der Waals surface area contributed by atoms with E-state index < -0.39 is 5.41 Å². The van der Waals surface area contributed by atoms with E-state index in [1.807, 2.05) is 20.8 Å². The monoisotopic (exact) mass is 337 g/mol. The molecule has 3 rings (SSSR count). The van der Waals surface area contributed by atoms with Crippen LogP contribution in [0.3, 0.4) is 0 Å². The molecule has 1 aromatic carbocycles. The van der Waals surface area contributed by atoms with Gasteiger partial charge in [0.1, 0.15) is 11.4 Å². The zero-order valence-corrected chi connectivity index (χ0v) is 14.3. The molecule has 0 fully saturated rings. The van der Waals surface area contributed by atoms with Crippen LogP contribution in [-0.2, 0) is 0 Å². The topological polar surface area (TPSA) is 95.1 Å². The minimum atomic E-state index is -0.500. The molecule has 0 spiro atoms. The van der Waals surface area contributed by atoms with Crippen LogP contribution in [0.4, 0.5) is 5.69 Å². The number of aromatic hydroxyl groups is 1. The van der Waals surface area contributed by atoms with Crippen LogP contribution in [0.5, 0.6) is 5.75 Å². The number of aromatic amines is 1. The Labute approximate surface area is 144 Å². The van der Waals surface area contributed by atoms with Crippen molar-refractivity contribution in [3.05, 3.63) is 53.9 Å². The van der Waals surface area contributed by atoms with Crippen LogP contribution in [0.2, 0.25) is 0 Å². The van der Waals surface area contributed by atoms with E-state index in [0.717, 1.165) is 0 Å². The molecule has 0 saturated carbocycles. The summed E-state index contributed by atoms with van der Waals surface area (Å²) in [5.41, 5.74) is 1.50. The first-order valence-corrected chi connectivity index (χ1v) is 7.88. The number of Topliss-reactive ketones (excluding diaryl/α,β-unsaturated/α-hetero) is 1. The molecule has 128 valence electrons. The van der Waals surface area contributed by atoms with Crippen molar-refractivity contribution < 1.29 is 14.7 Å². The van der Waals surface area contributed by atoms with Crippen LogP contribution in [0.25, 0.3) is 11.0 Å². The Balaban J connectivity index is 1.86. The second-order valence-electron chi connectivity index (χ2n) is 6.92. The lowest BCUT2D eigenvalue weighted by molar-refractivity contribution is 0.0853. The molecular formula is C19H19N3O3. The number of carbonyl (C=O) groups is 2. The van der Waals surface area contributed by atoms with Crippen molar-refractivity contribution >= 4 is 28.4 Å². The highest BCUT2D eigenvalue weighted by atomic mass is 16.3. The van der Waals surface area contributed by atoms with Crippen LogP contribution in [0.15, 0.2) is 42.6 Å². The van der Waals surface area contributed by atoms with E-state index in [-0.39, 0.29) is 17.4 Å². The molecule has 2 heterocycles. The lowest BCUT2D eigenvalue weighted by Crippen LogP contribution is -2.20. The number of amides is 1. The predicted molar refractivity (Wildman–Crippen MR) is 95.9 cm³/mol. The number of aromatic nitrogens is 2. The Kier molecular flexibility index (Phi) is 4.04. The summed E-state index contributed by atoms with van der Waals surface area (Å²) in [6.45, 7) is 5.56. The van der Waals surface area contributed by atoms with Gasteiger partial charge in [0.2, 0.25) is 0 Å². The summed E-state index contributed by atoms with van der Waals surface area (Å²) in [5.74, 6) is -0.199. The van der Waals surface area contributed by atoms with Crippen LogP contribution >= 0.6 is 0 Å². The zero-order chi connectivity index (χ0) is 18.2. The van der Waals surface area contributed by atoms with Crippen LogP contribution in [0, 0.1) is 5.41 Å². The second kappa shape index (κ2) is 6.05. The Hall–Kier alpha value is -3.15. The number of anilines is 1. The van der Waals surface area contributed by atoms with E-state index in [1.54, 1.807) is 24.3 Å². The molecule has 0 aliphatic rings. The van der Waals surface area contributed by atoms with Gasteiger partial charge in [-0.25, -0.2) is 4.98 Å². The quantitative estimate of drug-likeness (QED) is 0.501. The molecule has 0 atom stereocenters. The fourth-order valence-electron chi connectivity index (χ4n) is 2.41. The fraction of sp³-hybridized carbons (Fsp3) is 0.211. The molecule has 0 bridgehead atoms.